The van der Waals surface area contributed by atoms with Crippen LogP contribution < -0.4 is 10.6 Å². The van der Waals surface area contributed by atoms with Crippen LogP contribution in [0.3, 0.4) is 0 Å². The highest BCUT2D eigenvalue weighted by Crippen LogP contribution is 2.22. The van der Waals surface area contributed by atoms with Crippen molar-refractivity contribution in [1.82, 2.24) is 25.3 Å². The van der Waals surface area contributed by atoms with E-state index in [1.54, 1.807) is 0 Å². The Morgan fingerprint density at radius 2 is 1.94 bits per heavy atom. The third-order valence-electron chi connectivity index (χ3n) is 5.64. The quantitative estimate of drug-likeness (QED) is 0.319. The van der Waals surface area contributed by atoms with Crippen molar-refractivity contribution < 1.29 is 4.52 Å². The predicted molar refractivity (Wildman–Crippen MR) is 128 cm³/mol. The maximum atomic E-state index is 5.52. The molecule has 0 aliphatic carbocycles. The fraction of sp³-hybridized carbons (Fsp3) is 0.480. The van der Waals surface area contributed by atoms with Gasteiger partial charge >= 0.3 is 0 Å². The van der Waals surface area contributed by atoms with E-state index in [1.165, 1.54) is 5.56 Å². The summed E-state index contributed by atoms with van der Waals surface area (Å²) in [6.07, 6.45) is 8.14. The first-order chi connectivity index (χ1) is 15.7. The van der Waals surface area contributed by atoms with Crippen molar-refractivity contribution >= 4 is 5.96 Å². The van der Waals surface area contributed by atoms with Crippen LogP contribution in [0.25, 0.3) is 0 Å². The topological polar surface area (TPSA) is 80.3 Å². The van der Waals surface area contributed by atoms with Crippen LogP contribution in [-0.4, -0.2) is 27.2 Å². The first kappa shape index (κ1) is 23.6. The number of aryl methyl sites for hydroxylation is 2. The van der Waals surface area contributed by atoms with E-state index < -0.39 is 0 Å². The van der Waals surface area contributed by atoms with Crippen molar-refractivity contribution in [2.45, 2.75) is 72.0 Å². The molecular weight excluding hydrogens is 400 g/mol. The zero-order chi connectivity index (χ0) is 22.6. The molecule has 0 unspecified atom stereocenters. The Balaban J connectivity index is 1.53. The number of aromatic nitrogens is 3. The lowest BCUT2D eigenvalue weighted by molar-refractivity contribution is 0.368. The van der Waals surface area contributed by atoms with E-state index in [4.69, 9.17) is 9.52 Å². The van der Waals surface area contributed by atoms with Crippen molar-refractivity contribution in [1.29, 1.82) is 0 Å². The van der Waals surface area contributed by atoms with Crippen molar-refractivity contribution in [3.05, 3.63) is 71.6 Å². The summed E-state index contributed by atoms with van der Waals surface area (Å²) in [5.41, 5.74) is 2.40. The Bertz CT molecular complexity index is 942. The molecule has 3 aromatic rings. The predicted octanol–water partition coefficient (Wildman–Crippen LogP) is 4.66. The van der Waals surface area contributed by atoms with Gasteiger partial charge in [-0.15, -0.1) is 0 Å². The van der Waals surface area contributed by atoms with Gasteiger partial charge in [0.1, 0.15) is 12.4 Å². The van der Waals surface area contributed by atoms with Crippen LogP contribution >= 0.6 is 0 Å². The number of hydrogen-bond donors (Lipinski definition) is 2. The minimum Gasteiger partial charge on any atom is -0.359 e. The van der Waals surface area contributed by atoms with Gasteiger partial charge in [0.05, 0.1) is 12.2 Å². The van der Waals surface area contributed by atoms with Gasteiger partial charge in [0.2, 0.25) is 0 Å². The van der Waals surface area contributed by atoms with Crippen molar-refractivity contribution in [3.8, 4) is 0 Å². The van der Waals surface area contributed by atoms with Crippen LogP contribution in [0.2, 0.25) is 0 Å². The van der Waals surface area contributed by atoms with Gasteiger partial charge in [-0.05, 0) is 38.2 Å². The van der Waals surface area contributed by atoms with Gasteiger partial charge < -0.3 is 19.7 Å². The average Bonchev–Trinajstić information content (AvgIpc) is 3.47. The highest BCUT2D eigenvalue weighted by Gasteiger charge is 2.13. The molecule has 32 heavy (non-hydrogen) atoms. The van der Waals surface area contributed by atoms with E-state index in [-0.39, 0.29) is 0 Å². The number of nitrogens with one attached hydrogen (secondary N) is 2. The molecule has 0 saturated heterocycles. The molecule has 0 aliphatic heterocycles. The number of imidazole rings is 1. The molecule has 7 nitrogen and oxygen atoms in total. The number of guanidine groups is 1. The smallest absolute Gasteiger partial charge is 0.192 e. The van der Waals surface area contributed by atoms with Crippen LogP contribution in [0.15, 0.2) is 58.3 Å². The number of nitrogens with zero attached hydrogens (tertiary/aromatic N) is 4. The third-order valence-corrected chi connectivity index (χ3v) is 5.64. The second kappa shape index (κ2) is 12.7. The van der Waals surface area contributed by atoms with Crippen molar-refractivity contribution in [2.24, 2.45) is 4.99 Å². The Morgan fingerprint density at radius 1 is 1.12 bits per heavy atom. The molecule has 172 valence electrons. The van der Waals surface area contributed by atoms with E-state index in [2.05, 4.69) is 76.4 Å². The monoisotopic (exact) mass is 436 g/mol. The molecular formula is C25H36N6O. The normalized spacial score (nSPS) is 11.8. The Labute approximate surface area is 191 Å². The molecule has 2 N–H and O–H groups in total. The Hall–Kier alpha value is -3.09. The van der Waals surface area contributed by atoms with Crippen molar-refractivity contribution in [3.63, 3.8) is 0 Å². The zero-order valence-electron chi connectivity index (χ0n) is 19.6. The summed E-state index contributed by atoms with van der Waals surface area (Å²) in [7, 11) is 0. The Morgan fingerprint density at radius 3 is 2.69 bits per heavy atom. The molecule has 2 aromatic heterocycles. The van der Waals surface area contributed by atoms with E-state index >= 15 is 0 Å². The highest BCUT2D eigenvalue weighted by atomic mass is 16.5. The fourth-order valence-electron chi connectivity index (χ4n) is 3.77. The summed E-state index contributed by atoms with van der Waals surface area (Å²) in [4.78, 5) is 9.23. The molecule has 0 atom stereocenters. The summed E-state index contributed by atoms with van der Waals surface area (Å²) in [6, 6.07) is 12.6. The van der Waals surface area contributed by atoms with Gasteiger partial charge in [0.15, 0.2) is 11.7 Å². The maximum Gasteiger partial charge on any atom is 0.192 e. The number of benzene rings is 1. The molecule has 7 heteroatoms. The molecule has 0 bridgehead atoms. The minimum atomic E-state index is 0.454. The zero-order valence-corrected chi connectivity index (χ0v) is 19.6. The van der Waals surface area contributed by atoms with Crippen LogP contribution in [0, 0.1) is 0 Å². The van der Waals surface area contributed by atoms with Crippen LogP contribution in [0.1, 0.15) is 68.8 Å². The summed E-state index contributed by atoms with van der Waals surface area (Å²) in [5, 5.41) is 10.9. The van der Waals surface area contributed by atoms with Gasteiger partial charge in [0.25, 0.3) is 0 Å². The van der Waals surface area contributed by atoms with Crippen LogP contribution in [-0.2, 0) is 26.1 Å². The summed E-state index contributed by atoms with van der Waals surface area (Å²) in [5.74, 6) is 2.98. The standard InChI is InChI=1S/C25H36N6O/c1-4-21(5-2)23-17-22(32-30-23)18-28-25(26-6-3)29-19-24-27-14-16-31(24)15-10-13-20-11-8-7-9-12-20/h7-9,11-12,14,16-17,21H,4-6,10,13,15,18-19H2,1-3H3,(H2,26,28,29). The van der Waals surface area contributed by atoms with Gasteiger partial charge in [-0.3, -0.25) is 0 Å². The lowest BCUT2D eigenvalue weighted by Gasteiger charge is -2.11. The first-order valence-corrected chi connectivity index (χ1v) is 11.7. The molecule has 0 fully saturated rings. The van der Waals surface area contributed by atoms with Crippen LogP contribution in [0.5, 0.6) is 0 Å². The second-order valence-corrected chi connectivity index (χ2v) is 7.91. The molecule has 0 radical (unpaired) electrons. The van der Waals surface area contributed by atoms with E-state index in [0.29, 0.717) is 19.0 Å². The Kier molecular flexibility index (Phi) is 9.35. The lowest BCUT2D eigenvalue weighted by Crippen LogP contribution is -2.36. The van der Waals surface area contributed by atoms with Crippen LogP contribution in [0.4, 0.5) is 0 Å². The average molecular weight is 437 g/mol. The summed E-state index contributed by atoms with van der Waals surface area (Å²) in [6.45, 7) is 9.20. The van der Waals surface area contributed by atoms with Gasteiger partial charge in [-0.1, -0.05) is 49.3 Å². The molecule has 0 amide bonds. The van der Waals surface area contributed by atoms with Gasteiger partial charge in [-0.2, -0.15) is 0 Å². The fourth-order valence-corrected chi connectivity index (χ4v) is 3.77. The van der Waals surface area contributed by atoms with Crippen molar-refractivity contribution in [2.75, 3.05) is 6.54 Å². The van der Waals surface area contributed by atoms with E-state index in [0.717, 1.165) is 62.0 Å². The molecule has 3 rings (SSSR count). The van der Waals surface area contributed by atoms with Gasteiger partial charge in [-0.25, -0.2) is 9.98 Å². The molecule has 1 aromatic carbocycles. The van der Waals surface area contributed by atoms with E-state index in [9.17, 15) is 0 Å². The van der Waals surface area contributed by atoms with Gasteiger partial charge in [0, 0.05) is 37.5 Å². The summed E-state index contributed by atoms with van der Waals surface area (Å²) >= 11 is 0. The van der Waals surface area contributed by atoms with E-state index in [1.807, 2.05) is 18.5 Å². The molecule has 0 spiro atoms. The summed E-state index contributed by atoms with van der Waals surface area (Å²) < 4.78 is 7.71. The minimum absolute atomic E-state index is 0.454. The third kappa shape index (κ3) is 6.97. The molecule has 0 aliphatic rings. The first-order valence-electron chi connectivity index (χ1n) is 11.7. The molecule has 2 heterocycles. The maximum absolute atomic E-state index is 5.52. The molecule has 0 saturated carbocycles. The highest BCUT2D eigenvalue weighted by molar-refractivity contribution is 5.79. The lowest BCUT2D eigenvalue weighted by atomic mass is 9.99. The second-order valence-electron chi connectivity index (χ2n) is 7.91. The number of rotatable bonds is 12. The SMILES string of the molecule is CCNC(=NCc1nccn1CCCc1ccccc1)NCc1cc(C(CC)CC)no1. The number of aliphatic imine (C=N–C) groups is 1. The number of hydrogen-bond acceptors (Lipinski definition) is 4. The largest absolute Gasteiger partial charge is 0.359 e.